The van der Waals surface area contributed by atoms with Crippen LogP contribution in [0, 0.1) is 0 Å². The maximum absolute atomic E-state index is 12.2. The van der Waals surface area contributed by atoms with Crippen LogP contribution in [0.1, 0.15) is 13.3 Å². The van der Waals surface area contributed by atoms with Gasteiger partial charge in [0.05, 0.1) is 16.5 Å². The lowest BCUT2D eigenvalue weighted by Crippen LogP contribution is -2.46. The summed E-state index contributed by atoms with van der Waals surface area (Å²) in [4.78, 5) is 3.57. The predicted molar refractivity (Wildman–Crippen MR) is 71.2 cm³/mol. The molecule has 0 radical (unpaired) electrons. The second-order valence-electron chi connectivity index (χ2n) is 4.81. The molecule has 0 aromatic carbocycles. The molecule has 0 aliphatic carbocycles. The summed E-state index contributed by atoms with van der Waals surface area (Å²) in [5, 5.41) is 0.0481. The second kappa shape index (κ2) is 4.69. The monoisotopic (exact) mass is 324 g/mol. The van der Waals surface area contributed by atoms with Crippen LogP contribution in [0.2, 0.25) is 5.02 Å². The minimum atomic E-state index is -3.89. The third kappa shape index (κ3) is 3.25. The maximum atomic E-state index is 12.2. The van der Waals surface area contributed by atoms with Crippen molar-refractivity contribution in [3.8, 4) is 0 Å². The van der Waals surface area contributed by atoms with Crippen LogP contribution < -0.4 is 4.72 Å². The largest absolute Gasteiger partial charge is 0.263 e. The van der Waals surface area contributed by atoms with Crippen molar-refractivity contribution in [1.29, 1.82) is 0 Å². The first-order valence-corrected chi connectivity index (χ1v) is 9.16. The molecule has 106 valence electrons. The minimum Gasteiger partial charge on any atom is -0.263 e. The highest BCUT2D eigenvalue weighted by Gasteiger charge is 2.41. The molecular weight excluding hydrogens is 312 g/mol. The van der Waals surface area contributed by atoms with Gasteiger partial charge in [0, 0.05) is 17.9 Å². The van der Waals surface area contributed by atoms with E-state index in [1.807, 2.05) is 0 Å². The lowest BCUT2D eigenvalue weighted by atomic mass is 10.0. The van der Waals surface area contributed by atoms with Crippen LogP contribution in [0.5, 0.6) is 0 Å². The van der Waals surface area contributed by atoms with Crippen LogP contribution in [-0.2, 0) is 19.9 Å². The fraction of sp³-hybridized carbons (Fsp3) is 0.500. The summed E-state index contributed by atoms with van der Waals surface area (Å²) in [6.45, 7) is 1.57. The molecule has 1 atom stereocenters. The van der Waals surface area contributed by atoms with Crippen molar-refractivity contribution in [3.05, 3.63) is 23.5 Å². The third-order valence-electron chi connectivity index (χ3n) is 2.91. The quantitative estimate of drug-likeness (QED) is 0.878. The lowest BCUT2D eigenvalue weighted by molar-refractivity contribution is 0.461. The van der Waals surface area contributed by atoms with Crippen LogP contribution in [0.25, 0.3) is 0 Å². The Labute approximate surface area is 117 Å². The van der Waals surface area contributed by atoms with E-state index in [1.54, 1.807) is 6.92 Å². The van der Waals surface area contributed by atoms with Crippen molar-refractivity contribution in [1.82, 2.24) is 9.71 Å². The van der Waals surface area contributed by atoms with E-state index < -0.39 is 25.4 Å². The molecule has 0 bridgehead atoms. The molecule has 1 aromatic rings. The van der Waals surface area contributed by atoms with E-state index in [4.69, 9.17) is 11.6 Å². The van der Waals surface area contributed by atoms with Gasteiger partial charge in [0.1, 0.15) is 4.90 Å². The van der Waals surface area contributed by atoms with E-state index in [1.165, 1.54) is 12.3 Å². The first-order chi connectivity index (χ1) is 8.64. The molecule has 6 nitrogen and oxygen atoms in total. The van der Waals surface area contributed by atoms with Crippen LogP contribution in [-0.4, -0.2) is 38.9 Å². The average molecular weight is 325 g/mol. The Morgan fingerprint density at radius 3 is 2.68 bits per heavy atom. The smallest absolute Gasteiger partial charge is 0.244 e. The number of hydrogen-bond acceptors (Lipinski definition) is 5. The molecule has 2 heterocycles. The SMILES string of the molecule is CC1(NS(=O)(=O)c2cnccc2Cl)CCS(=O)(=O)C1. The van der Waals surface area contributed by atoms with Crippen molar-refractivity contribution in [2.75, 3.05) is 11.5 Å². The van der Waals surface area contributed by atoms with E-state index in [0.717, 1.165) is 6.20 Å². The van der Waals surface area contributed by atoms with Gasteiger partial charge in [-0.15, -0.1) is 0 Å². The standard InChI is InChI=1S/C10H13ClN2O4S2/c1-10(3-5-18(14,15)7-10)13-19(16,17)9-6-12-4-2-8(9)11/h2,4,6,13H,3,5,7H2,1H3. The zero-order valence-electron chi connectivity index (χ0n) is 10.1. The number of pyridine rings is 1. The van der Waals surface area contributed by atoms with Gasteiger partial charge in [-0.3, -0.25) is 4.98 Å². The van der Waals surface area contributed by atoms with Crippen molar-refractivity contribution in [3.63, 3.8) is 0 Å². The molecule has 2 rings (SSSR count). The van der Waals surface area contributed by atoms with Crippen LogP contribution in [0.4, 0.5) is 0 Å². The molecule has 0 spiro atoms. The molecule has 1 aromatic heterocycles. The zero-order chi connectivity index (χ0) is 14.3. The van der Waals surface area contributed by atoms with Gasteiger partial charge in [-0.1, -0.05) is 11.6 Å². The van der Waals surface area contributed by atoms with Gasteiger partial charge < -0.3 is 0 Å². The van der Waals surface area contributed by atoms with Crippen molar-refractivity contribution < 1.29 is 16.8 Å². The summed E-state index contributed by atoms with van der Waals surface area (Å²) in [5.74, 6) is -0.232. The van der Waals surface area contributed by atoms with Gasteiger partial charge in [0.15, 0.2) is 9.84 Å². The van der Waals surface area contributed by atoms with E-state index >= 15 is 0 Å². The molecule has 1 unspecified atom stereocenters. The Bertz CT molecular complexity index is 702. The number of nitrogens with zero attached hydrogens (tertiary/aromatic N) is 1. The minimum absolute atomic E-state index is 0.0210. The Morgan fingerprint density at radius 2 is 2.16 bits per heavy atom. The molecule has 0 saturated carbocycles. The van der Waals surface area contributed by atoms with Gasteiger partial charge in [0.2, 0.25) is 10.0 Å². The summed E-state index contributed by atoms with van der Waals surface area (Å²) in [6.07, 6.45) is 2.76. The number of sulfonamides is 1. The molecule has 9 heteroatoms. The second-order valence-corrected chi connectivity index (χ2v) is 9.06. The number of aromatic nitrogens is 1. The first kappa shape index (κ1) is 14.7. The van der Waals surface area contributed by atoms with Crippen molar-refractivity contribution in [2.24, 2.45) is 0 Å². The molecule has 1 fully saturated rings. The molecule has 19 heavy (non-hydrogen) atoms. The Morgan fingerprint density at radius 1 is 1.47 bits per heavy atom. The fourth-order valence-corrected chi connectivity index (χ4v) is 6.08. The predicted octanol–water partition coefficient (Wildman–Crippen LogP) is 0.590. The third-order valence-corrected chi connectivity index (χ3v) is 6.92. The van der Waals surface area contributed by atoms with Crippen LogP contribution in [0.15, 0.2) is 23.4 Å². The highest BCUT2D eigenvalue weighted by atomic mass is 35.5. The van der Waals surface area contributed by atoms with Gasteiger partial charge in [-0.2, -0.15) is 0 Å². The summed E-state index contributed by atoms with van der Waals surface area (Å²) >= 11 is 5.82. The highest BCUT2D eigenvalue weighted by molar-refractivity contribution is 7.92. The van der Waals surface area contributed by atoms with Gasteiger partial charge in [-0.25, -0.2) is 21.6 Å². The van der Waals surface area contributed by atoms with Crippen LogP contribution in [0.3, 0.4) is 0 Å². The molecule has 1 N–H and O–H groups in total. The summed E-state index contributed by atoms with van der Waals surface area (Å²) in [6, 6.07) is 1.36. The molecule has 1 saturated heterocycles. The van der Waals surface area contributed by atoms with E-state index in [0.29, 0.717) is 0 Å². The molecule has 1 aliphatic rings. The number of halogens is 1. The first-order valence-electron chi connectivity index (χ1n) is 5.48. The summed E-state index contributed by atoms with van der Waals surface area (Å²) < 4.78 is 49.7. The summed E-state index contributed by atoms with van der Waals surface area (Å²) in [7, 11) is -7.09. The number of sulfone groups is 1. The van der Waals surface area contributed by atoms with Gasteiger partial charge in [0.25, 0.3) is 0 Å². The van der Waals surface area contributed by atoms with Crippen molar-refractivity contribution >= 4 is 31.5 Å². The fourth-order valence-electron chi connectivity index (χ4n) is 2.03. The average Bonchev–Trinajstić information content (AvgIpc) is 2.52. The van der Waals surface area contributed by atoms with Crippen molar-refractivity contribution in [2.45, 2.75) is 23.8 Å². The van der Waals surface area contributed by atoms with Gasteiger partial charge in [-0.05, 0) is 19.4 Å². The summed E-state index contributed by atoms with van der Waals surface area (Å²) in [5.41, 5.74) is -1.00. The van der Waals surface area contributed by atoms with Gasteiger partial charge >= 0.3 is 0 Å². The normalized spacial score (nSPS) is 26.4. The Balaban J connectivity index is 2.31. The van der Waals surface area contributed by atoms with E-state index in [9.17, 15) is 16.8 Å². The Hall–Kier alpha value is -0.700. The molecule has 1 aliphatic heterocycles. The van der Waals surface area contributed by atoms with Crippen LogP contribution >= 0.6 is 11.6 Å². The topological polar surface area (TPSA) is 93.2 Å². The number of hydrogen-bond donors (Lipinski definition) is 1. The molecular formula is C10H13ClN2O4S2. The van der Waals surface area contributed by atoms with E-state index in [-0.39, 0.29) is 27.8 Å². The lowest BCUT2D eigenvalue weighted by Gasteiger charge is -2.23. The molecule has 0 amide bonds. The number of rotatable bonds is 3. The highest BCUT2D eigenvalue weighted by Crippen LogP contribution is 2.27. The Kier molecular flexibility index (Phi) is 3.63. The maximum Gasteiger partial charge on any atom is 0.244 e. The zero-order valence-corrected chi connectivity index (χ0v) is 12.5. The number of nitrogens with one attached hydrogen (secondary N) is 1. The van der Waals surface area contributed by atoms with E-state index in [2.05, 4.69) is 9.71 Å².